The maximum atomic E-state index is 12.0. The molecule has 0 N–H and O–H groups in total. The summed E-state index contributed by atoms with van der Waals surface area (Å²) >= 11 is 1.43. The number of carbonyl (C=O) groups is 1. The van der Waals surface area contributed by atoms with Gasteiger partial charge in [0.1, 0.15) is 5.69 Å². The topological polar surface area (TPSA) is 30.0 Å². The lowest BCUT2D eigenvalue weighted by molar-refractivity contribution is 0.103. The van der Waals surface area contributed by atoms with Gasteiger partial charge in [0, 0.05) is 5.38 Å². The Kier molecular flexibility index (Phi) is 5.79. The first-order valence-corrected chi connectivity index (χ1v) is 6.77. The molecule has 0 aromatic carbocycles. The van der Waals surface area contributed by atoms with Crippen LogP contribution in [0.1, 0.15) is 31.3 Å². The Hall–Kier alpha value is -1.42. The first-order chi connectivity index (χ1) is 8.54. The van der Waals surface area contributed by atoms with Crippen molar-refractivity contribution in [2.24, 2.45) is 0 Å². The van der Waals surface area contributed by atoms with E-state index in [1.165, 1.54) is 11.3 Å². The van der Waals surface area contributed by atoms with Crippen molar-refractivity contribution in [3.8, 4) is 0 Å². The highest BCUT2D eigenvalue weighted by Crippen LogP contribution is 2.13. The Labute approximate surface area is 113 Å². The summed E-state index contributed by atoms with van der Waals surface area (Å²) in [5.41, 5.74) is 3.87. The van der Waals surface area contributed by atoms with Gasteiger partial charge in [-0.15, -0.1) is 11.3 Å². The van der Waals surface area contributed by atoms with Crippen LogP contribution in [0.2, 0.25) is 5.82 Å². The summed E-state index contributed by atoms with van der Waals surface area (Å²) in [6.45, 7) is 9.70. The lowest BCUT2D eigenvalue weighted by Crippen LogP contribution is -2.04. The van der Waals surface area contributed by atoms with Crippen LogP contribution < -0.4 is 0 Å². The lowest BCUT2D eigenvalue weighted by atomic mass is 9.59. The molecule has 18 heavy (non-hydrogen) atoms. The van der Waals surface area contributed by atoms with Crippen LogP contribution in [0.4, 0.5) is 0 Å². The zero-order valence-electron chi connectivity index (χ0n) is 11.0. The van der Waals surface area contributed by atoms with Crippen LogP contribution in [0, 0.1) is 0 Å². The van der Waals surface area contributed by atoms with E-state index in [1.54, 1.807) is 17.0 Å². The van der Waals surface area contributed by atoms with E-state index >= 15 is 0 Å². The molecule has 0 aliphatic rings. The molecule has 1 rings (SSSR count). The SMILES string of the molecule is C=C/C=C([B]C(C)C)\C=C(/C)C(=O)c1cscn1. The van der Waals surface area contributed by atoms with E-state index in [-0.39, 0.29) is 5.78 Å². The van der Waals surface area contributed by atoms with Gasteiger partial charge in [-0.2, -0.15) is 0 Å². The minimum absolute atomic E-state index is 0.0247. The summed E-state index contributed by atoms with van der Waals surface area (Å²) < 4.78 is 0. The van der Waals surface area contributed by atoms with Crippen molar-refractivity contribution in [1.29, 1.82) is 0 Å². The van der Waals surface area contributed by atoms with Crippen molar-refractivity contribution in [3.05, 3.63) is 52.4 Å². The molecule has 0 atom stereocenters. The second-order valence-corrected chi connectivity index (χ2v) is 5.06. The molecule has 0 spiro atoms. The van der Waals surface area contributed by atoms with Gasteiger partial charge in [0.25, 0.3) is 0 Å². The Morgan fingerprint density at radius 1 is 1.56 bits per heavy atom. The van der Waals surface area contributed by atoms with Crippen molar-refractivity contribution in [1.82, 2.24) is 4.98 Å². The Morgan fingerprint density at radius 2 is 2.28 bits per heavy atom. The molecule has 1 heterocycles. The molecule has 93 valence electrons. The van der Waals surface area contributed by atoms with Gasteiger partial charge in [0.2, 0.25) is 5.78 Å². The van der Waals surface area contributed by atoms with E-state index in [4.69, 9.17) is 0 Å². The third-order valence-electron chi connectivity index (χ3n) is 2.24. The largest absolute Gasteiger partial charge is 0.287 e. The summed E-state index contributed by atoms with van der Waals surface area (Å²) in [4.78, 5) is 16.1. The van der Waals surface area contributed by atoms with Crippen LogP contribution in [0.25, 0.3) is 0 Å². The minimum Gasteiger partial charge on any atom is -0.287 e. The fourth-order valence-electron chi connectivity index (χ4n) is 1.51. The molecule has 1 aromatic rings. The number of nitrogens with zero attached hydrogens (tertiary/aromatic N) is 1. The summed E-state index contributed by atoms with van der Waals surface area (Å²) in [5, 5.41) is 1.77. The Bertz CT molecular complexity index is 472. The molecule has 4 heteroatoms. The highest BCUT2D eigenvalue weighted by Gasteiger charge is 2.11. The van der Waals surface area contributed by atoms with Crippen molar-refractivity contribution < 1.29 is 4.79 Å². The second kappa shape index (κ2) is 7.12. The van der Waals surface area contributed by atoms with Gasteiger partial charge in [-0.1, -0.05) is 49.9 Å². The van der Waals surface area contributed by atoms with Crippen LogP contribution in [-0.2, 0) is 0 Å². The maximum absolute atomic E-state index is 12.0. The number of hydrogen-bond acceptors (Lipinski definition) is 3. The van der Waals surface area contributed by atoms with Gasteiger partial charge in [-0.3, -0.25) is 4.79 Å². The molecule has 0 saturated carbocycles. The first kappa shape index (κ1) is 14.6. The van der Waals surface area contributed by atoms with Crippen LogP contribution in [-0.4, -0.2) is 18.0 Å². The van der Waals surface area contributed by atoms with Crippen LogP contribution in [0.15, 0.2) is 46.7 Å². The number of rotatable bonds is 6. The van der Waals surface area contributed by atoms with E-state index in [0.29, 0.717) is 17.1 Å². The number of allylic oxidation sites excluding steroid dienone is 5. The van der Waals surface area contributed by atoms with Crippen molar-refractivity contribution in [2.45, 2.75) is 26.6 Å². The number of thiazole rings is 1. The highest BCUT2D eigenvalue weighted by atomic mass is 32.1. The second-order valence-electron chi connectivity index (χ2n) is 4.34. The average molecular weight is 258 g/mol. The molecule has 1 radical (unpaired) electrons. The molecule has 0 aliphatic heterocycles. The van der Waals surface area contributed by atoms with Crippen molar-refractivity contribution in [3.63, 3.8) is 0 Å². The monoisotopic (exact) mass is 258 g/mol. The fourth-order valence-corrected chi connectivity index (χ4v) is 2.05. The summed E-state index contributed by atoms with van der Waals surface area (Å²) in [7, 11) is 2.10. The lowest BCUT2D eigenvalue weighted by Gasteiger charge is -2.05. The average Bonchev–Trinajstić information content (AvgIpc) is 2.80. The Balaban J connectivity index is 2.89. The van der Waals surface area contributed by atoms with Crippen LogP contribution >= 0.6 is 11.3 Å². The van der Waals surface area contributed by atoms with Crippen molar-refractivity contribution in [2.75, 3.05) is 0 Å². The first-order valence-electron chi connectivity index (χ1n) is 5.83. The van der Waals surface area contributed by atoms with Gasteiger partial charge >= 0.3 is 0 Å². The molecule has 0 bridgehead atoms. The summed E-state index contributed by atoms with van der Waals surface area (Å²) in [5.74, 6) is 0.401. The fraction of sp³-hybridized carbons (Fsp3) is 0.286. The van der Waals surface area contributed by atoms with Gasteiger partial charge in [0.05, 0.1) is 5.51 Å². The van der Waals surface area contributed by atoms with E-state index in [9.17, 15) is 4.79 Å². The number of ketones is 1. The number of hydrogen-bond donors (Lipinski definition) is 0. The third kappa shape index (κ3) is 4.45. The molecule has 0 fully saturated rings. The van der Waals surface area contributed by atoms with Crippen molar-refractivity contribution >= 4 is 24.4 Å². The molecule has 1 aromatic heterocycles. The van der Waals surface area contributed by atoms with E-state index in [0.717, 1.165) is 5.47 Å². The Morgan fingerprint density at radius 3 is 2.78 bits per heavy atom. The molecular weight excluding hydrogens is 241 g/mol. The van der Waals surface area contributed by atoms with Crippen LogP contribution in [0.5, 0.6) is 0 Å². The zero-order valence-corrected chi connectivity index (χ0v) is 11.8. The van der Waals surface area contributed by atoms with Gasteiger partial charge in [-0.05, 0) is 12.5 Å². The molecule has 0 saturated heterocycles. The normalized spacial score (nSPS) is 12.7. The van der Waals surface area contributed by atoms with E-state index in [1.807, 2.05) is 19.1 Å². The number of carbonyl (C=O) groups excluding carboxylic acids is 1. The van der Waals surface area contributed by atoms with E-state index in [2.05, 4.69) is 32.7 Å². The highest BCUT2D eigenvalue weighted by molar-refractivity contribution is 7.07. The molecule has 2 nitrogen and oxygen atoms in total. The predicted molar refractivity (Wildman–Crippen MR) is 79.3 cm³/mol. The van der Waals surface area contributed by atoms with E-state index < -0.39 is 0 Å². The molecular formula is C14H17BNOS. The smallest absolute Gasteiger partial charge is 0.207 e. The number of Topliss-reactive ketones (excluding diaryl/α,β-unsaturated/α-hetero) is 1. The standard InChI is InChI=1S/C14H17BNOS/c1-5-6-12(15-10(2)3)7-11(4)14(17)13-8-18-9-16-13/h5-10H,1H2,2-4H3/b11-7+,12-6+. The quantitative estimate of drug-likeness (QED) is 0.335. The van der Waals surface area contributed by atoms with Gasteiger partial charge < -0.3 is 0 Å². The summed E-state index contributed by atoms with van der Waals surface area (Å²) in [6.07, 6.45) is 5.51. The minimum atomic E-state index is -0.0247. The summed E-state index contributed by atoms with van der Waals surface area (Å²) in [6, 6.07) is 0. The number of aromatic nitrogens is 1. The predicted octanol–water partition coefficient (Wildman–Crippen LogP) is 3.87. The van der Waals surface area contributed by atoms with Gasteiger partial charge in [0.15, 0.2) is 7.28 Å². The van der Waals surface area contributed by atoms with Gasteiger partial charge in [-0.25, -0.2) is 4.98 Å². The molecule has 0 unspecified atom stereocenters. The van der Waals surface area contributed by atoms with Crippen LogP contribution in [0.3, 0.4) is 0 Å². The maximum Gasteiger partial charge on any atom is 0.207 e. The third-order valence-corrected chi connectivity index (χ3v) is 2.83. The molecule has 0 aliphatic carbocycles. The zero-order chi connectivity index (χ0) is 13.5. The molecule has 0 amide bonds.